The molecule has 0 atom stereocenters. The predicted octanol–water partition coefficient (Wildman–Crippen LogP) is 1.83. The van der Waals surface area contributed by atoms with Gasteiger partial charge in [-0.15, -0.1) is 0 Å². The Morgan fingerprint density at radius 1 is 1.22 bits per heavy atom. The van der Waals surface area contributed by atoms with Crippen LogP contribution >= 0.6 is 0 Å². The van der Waals surface area contributed by atoms with E-state index < -0.39 is 0 Å². The summed E-state index contributed by atoms with van der Waals surface area (Å²) in [6.45, 7) is 13.6. The van der Waals surface area contributed by atoms with Gasteiger partial charge in [-0.2, -0.15) is 0 Å². The van der Waals surface area contributed by atoms with Crippen LogP contribution in [0.2, 0.25) is 0 Å². The summed E-state index contributed by atoms with van der Waals surface area (Å²) in [6.07, 6.45) is 0.826. The van der Waals surface area contributed by atoms with Gasteiger partial charge in [0.2, 0.25) is 0 Å². The normalized spacial score (nSPS) is 15.9. The van der Waals surface area contributed by atoms with Crippen LogP contribution < -0.4 is 10.6 Å². The van der Waals surface area contributed by atoms with Crippen LogP contribution in [0, 0.1) is 5.92 Å². The van der Waals surface area contributed by atoms with Crippen LogP contribution in [0.5, 0.6) is 0 Å². The molecule has 150 valence electrons. The minimum atomic E-state index is -0.0482. The third kappa shape index (κ3) is 6.86. The maximum absolute atomic E-state index is 11.8. The van der Waals surface area contributed by atoms with Crippen molar-refractivity contribution in [3.05, 3.63) is 35.4 Å². The first-order chi connectivity index (χ1) is 13.0. The van der Waals surface area contributed by atoms with Crippen molar-refractivity contribution >= 4 is 11.9 Å². The summed E-state index contributed by atoms with van der Waals surface area (Å²) in [5.41, 5.74) is 1.84. The fourth-order valence-corrected chi connectivity index (χ4v) is 3.39. The van der Waals surface area contributed by atoms with Crippen LogP contribution in [-0.4, -0.2) is 74.5 Å². The summed E-state index contributed by atoms with van der Waals surface area (Å²) in [6, 6.07) is 7.78. The number of carbonyl (C=O) groups excluding carboxylic acids is 1. The van der Waals surface area contributed by atoms with E-state index in [9.17, 15) is 4.79 Å². The molecule has 0 radical (unpaired) electrons. The van der Waals surface area contributed by atoms with E-state index in [1.54, 1.807) is 7.05 Å². The lowest BCUT2D eigenvalue weighted by molar-refractivity contribution is 0.0963. The number of hydrogen-bond acceptors (Lipinski definition) is 3. The van der Waals surface area contributed by atoms with Crippen LogP contribution in [0.25, 0.3) is 0 Å². The van der Waals surface area contributed by atoms with Crippen molar-refractivity contribution in [2.45, 2.75) is 27.2 Å². The lowest BCUT2D eigenvalue weighted by Gasteiger charge is -2.37. The van der Waals surface area contributed by atoms with Crippen LogP contribution in [0.4, 0.5) is 0 Å². The number of nitrogens with one attached hydrogen (secondary N) is 2. The van der Waals surface area contributed by atoms with Crippen molar-refractivity contribution in [1.82, 2.24) is 20.4 Å². The highest BCUT2D eigenvalue weighted by Gasteiger charge is 2.19. The first kappa shape index (κ1) is 21.2. The molecule has 1 heterocycles. The Balaban J connectivity index is 1.91. The number of guanidine groups is 1. The van der Waals surface area contributed by atoms with Gasteiger partial charge in [0.05, 0.1) is 0 Å². The third-order valence-corrected chi connectivity index (χ3v) is 4.71. The SMILES string of the molecule is CCNC(=NCCc1cccc(C(=O)NC)c1)N1CCN(CC(C)C)CC1. The summed E-state index contributed by atoms with van der Waals surface area (Å²) in [4.78, 5) is 21.5. The molecule has 0 spiro atoms. The molecular formula is C21H35N5O. The minimum absolute atomic E-state index is 0.0482. The Morgan fingerprint density at radius 2 is 1.96 bits per heavy atom. The Bertz CT molecular complexity index is 621. The van der Waals surface area contributed by atoms with E-state index in [1.165, 1.54) is 6.54 Å². The quantitative estimate of drug-likeness (QED) is 0.565. The highest BCUT2D eigenvalue weighted by Crippen LogP contribution is 2.08. The Hall–Kier alpha value is -2.08. The molecule has 1 aromatic carbocycles. The molecule has 1 saturated heterocycles. The topological polar surface area (TPSA) is 60.0 Å². The lowest BCUT2D eigenvalue weighted by atomic mass is 10.1. The fraction of sp³-hybridized carbons (Fsp3) is 0.619. The van der Waals surface area contributed by atoms with E-state index in [1.807, 2.05) is 18.2 Å². The van der Waals surface area contributed by atoms with Crippen LogP contribution in [0.3, 0.4) is 0 Å². The van der Waals surface area contributed by atoms with E-state index in [0.29, 0.717) is 18.0 Å². The van der Waals surface area contributed by atoms with Crippen molar-refractivity contribution in [2.24, 2.45) is 10.9 Å². The first-order valence-corrected chi connectivity index (χ1v) is 10.1. The molecule has 1 aliphatic rings. The van der Waals surface area contributed by atoms with Gasteiger partial charge in [-0.25, -0.2) is 0 Å². The number of carbonyl (C=O) groups is 1. The molecule has 0 aliphatic carbocycles. The summed E-state index contributed by atoms with van der Waals surface area (Å²) in [5, 5.41) is 6.10. The molecule has 1 aliphatic heterocycles. The molecular weight excluding hydrogens is 338 g/mol. The van der Waals surface area contributed by atoms with Gasteiger partial charge in [-0.1, -0.05) is 26.0 Å². The Kier molecular flexibility index (Phi) is 8.58. The molecule has 6 heteroatoms. The third-order valence-electron chi connectivity index (χ3n) is 4.71. The molecule has 1 fully saturated rings. The van der Waals surface area contributed by atoms with E-state index >= 15 is 0 Å². The molecule has 1 amide bonds. The summed E-state index contributed by atoms with van der Waals surface area (Å²) < 4.78 is 0. The van der Waals surface area contributed by atoms with Crippen molar-refractivity contribution in [2.75, 3.05) is 52.9 Å². The zero-order valence-electron chi connectivity index (χ0n) is 17.3. The largest absolute Gasteiger partial charge is 0.357 e. The van der Waals surface area contributed by atoms with Crippen molar-refractivity contribution in [3.8, 4) is 0 Å². The van der Waals surface area contributed by atoms with Crippen LogP contribution in [0.15, 0.2) is 29.3 Å². The van der Waals surface area contributed by atoms with Gasteiger partial charge in [0.1, 0.15) is 0 Å². The standard InChI is InChI=1S/C21H35N5O/c1-5-23-21(26-13-11-25(12-14-26)16-17(2)3)24-10-9-18-7-6-8-19(15-18)20(27)22-4/h6-8,15,17H,5,9-14,16H2,1-4H3,(H,22,27)(H,23,24). The molecule has 6 nitrogen and oxygen atoms in total. The van der Waals surface area contributed by atoms with E-state index in [2.05, 4.69) is 47.3 Å². The van der Waals surface area contributed by atoms with Gasteiger partial charge < -0.3 is 15.5 Å². The highest BCUT2D eigenvalue weighted by atomic mass is 16.1. The highest BCUT2D eigenvalue weighted by molar-refractivity contribution is 5.94. The fourth-order valence-electron chi connectivity index (χ4n) is 3.39. The number of nitrogens with zero attached hydrogens (tertiary/aromatic N) is 3. The number of piperazine rings is 1. The second-order valence-electron chi connectivity index (χ2n) is 7.45. The van der Waals surface area contributed by atoms with E-state index in [0.717, 1.165) is 50.7 Å². The van der Waals surface area contributed by atoms with Crippen molar-refractivity contribution in [1.29, 1.82) is 0 Å². The van der Waals surface area contributed by atoms with Gasteiger partial charge in [0, 0.05) is 58.4 Å². The zero-order valence-corrected chi connectivity index (χ0v) is 17.3. The molecule has 0 bridgehead atoms. The van der Waals surface area contributed by atoms with Gasteiger partial charge in [0.15, 0.2) is 5.96 Å². The summed E-state index contributed by atoms with van der Waals surface area (Å²) in [5.74, 6) is 1.67. The van der Waals surface area contributed by atoms with Gasteiger partial charge >= 0.3 is 0 Å². The number of hydrogen-bond donors (Lipinski definition) is 2. The second kappa shape index (κ2) is 10.9. The van der Waals surface area contributed by atoms with Crippen LogP contribution in [0.1, 0.15) is 36.7 Å². The van der Waals surface area contributed by atoms with E-state index in [4.69, 9.17) is 4.99 Å². The second-order valence-corrected chi connectivity index (χ2v) is 7.45. The smallest absolute Gasteiger partial charge is 0.251 e. The summed E-state index contributed by atoms with van der Waals surface area (Å²) in [7, 11) is 1.66. The average Bonchev–Trinajstić information content (AvgIpc) is 2.67. The van der Waals surface area contributed by atoms with E-state index in [-0.39, 0.29) is 5.91 Å². The number of benzene rings is 1. The van der Waals surface area contributed by atoms with Gasteiger partial charge in [-0.05, 0) is 37.0 Å². The lowest BCUT2D eigenvalue weighted by Crippen LogP contribution is -2.53. The van der Waals surface area contributed by atoms with Crippen molar-refractivity contribution < 1.29 is 4.79 Å². The predicted molar refractivity (Wildman–Crippen MR) is 112 cm³/mol. The molecule has 0 unspecified atom stereocenters. The molecule has 27 heavy (non-hydrogen) atoms. The van der Waals surface area contributed by atoms with Gasteiger partial charge in [-0.3, -0.25) is 14.7 Å². The zero-order chi connectivity index (χ0) is 19.6. The first-order valence-electron chi connectivity index (χ1n) is 10.1. The maximum Gasteiger partial charge on any atom is 0.251 e. The maximum atomic E-state index is 11.8. The molecule has 0 aromatic heterocycles. The average molecular weight is 374 g/mol. The number of rotatable bonds is 7. The monoisotopic (exact) mass is 373 g/mol. The number of amides is 1. The summed E-state index contributed by atoms with van der Waals surface area (Å²) >= 11 is 0. The molecule has 1 aromatic rings. The minimum Gasteiger partial charge on any atom is -0.357 e. The molecule has 2 rings (SSSR count). The molecule has 0 saturated carbocycles. The Morgan fingerprint density at radius 3 is 2.59 bits per heavy atom. The van der Waals surface area contributed by atoms with Crippen LogP contribution in [-0.2, 0) is 6.42 Å². The van der Waals surface area contributed by atoms with Gasteiger partial charge in [0.25, 0.3) is 5.91 Å². The van der Waals surface area contributed by atoms with Crippen molar-refractivity contribution in [3.63, 3.8) is 0 Å². The number of aliphatic imine (C=N–C) groups is 1. The molecule has 2 N–H and O–H groups in total. The Labute approximate surface area is 164 Å².